The van der Waals surface area contributed by atoms with Gasteiger partial charge in [0.05, 0.1) is 18.0 Å². The fraction of sp³-hybridized carbons (Fsp3) is 0.143. The van der Waals surface area contributed by atoms with Crippen molar-refractivity contribution in [2.75, 3.05) is 12.3 Å². The molecule has 0 saturated carbocycles. The summed E-state index contributed by atoms with van der Waals surface area (Å²) in [5.41, 5.74) is 7.88. The van der Waals surface area contributed by atoms with E-state index in [-0.39, 0.29) is 0 Å². The van der Waals surface area contributed by atoms with Crippen LogP contribution < -0.4 is 10.5 Å². The Morgan fingerprint density at radius 1 is 1.06 bits per heavy atom. The van der Waals surface area contributed by atoms with Crippen molar-refractivity contribution in [2.24, 2.45) is 10.2 Å². The molecule has 0 spiro atoms. The van der Waals surface area contributed by atoms with Crippen molar-refractivity contribution < 1.29 is 4.74 Å². The maximum Gasteiger partial charge on any atom is 0.121 e. The van der Waals surface area contributed by atoms with E-state index in [0.717, 1.165) is 11.4 Å². The standard InChI is InChI=1S/C14H15N3O/c1-2-18-12-8-9-14(13(15)10-12)17-16-11-6-4-3-5-7-11/h3-10H,2,15H2,1H3. The Morgan fingerprint density at radius 3 is 2.50 bits per heavy atom. The molecule has 92 valence electrons. The summed E-state index contributed by atoms with van der Waals surface area (Å²) in [6.07, 6.45) is 0. The van der Waals surface area contributed by atoms with Crippen LogP contribution in [0.15, 0.2) is 58.8 Å². The third-order valence-corrected chi connectivity index (χ3v) is 2.34. The number of azo groups is 1. The van der Waals surface area contributed by atoms with Gasteiger partial charge in [0.1, 0.15) is 11.4 Å². The number of rotatable bonds is 4. The third-order valence-electron chi connectivity index (χ3n) is 2.34. The fourth-order valence-corrected chi connectivity index (χ4v) is 1.49. The zero-order valence-corrected chi connectivity index (χ0v) is 10.2. The van der Waals surface area contributed by atoms with E-state index in [1.807, 2.05) is 43.3 Å². The molecule has 2 aromatic carbocycles. The molecular formula is C14H15N3O. The monoisotopic (exact) mass is 241 g/mol. The van der Waals surface area contributed by atoms with Crippen LogP contribution in [0.5, 0.6) is 5.75 Å². The van der Waals surface area contributed by atoms with Gasteiger partial charge < -0.3 is 10.5 Å². The lowest BCUT2D eigenvalue weighted by Gasteiger charge is -2.04. The van der Waals surface area contributed by atoms with Crippen LogP contribution in [0.4, 0.5) is 17.1 Å². The van der Waals surface area contributed by atoms with Crippen LogP contribution in [0, 0.1) is 0 Å². The first-order valence-electron chi connectivity index (χ1n) is 5.78. The smallest absolute Gasteiger partial charge is 0.121 e. The number of hydrogen-bond acceptors (Lipinski definition) is 4. The molecule has 0 saturated heterocycles. The summed E-state index contributed by atoms with van der Waals surface area (Å²) in [7, 11) is 0. The molecule has 0 aliphatic rings. The molecule has 2 rings (SSSR count). The molecule has 0 bridgehead atoms. The van der Waals surface area contributed by atoms with E-state index in [4.69, 9.17) is 10.5 Å². The number of nitrogen functional groups attached to an aromatic ring is 1. The van der Waals surface area contributed by atoms with Crippen LogP contribution in [0.3, 0.4) is 0 Å². The highest BCUT2D eigenvalue weighted by molar-refractivity contribution is 5.64. The summed E-state index contributed by atoms with van der Waals surface area (Å²) in [5, 5.41) is 8.24. The lowest BCUT2D eigenvalue weighted by Crippen LogP contribution is -1.93. The minimum absolute atomic E-state index is 0.556. The van der Waals surface area contributed by atoms with Gasteiger partial charge in [-0.15, -0.1) is 5.11 Å². The lowest BCUT2D eigenvalue weighted by molar-refractivity contribution is 0.340. The highest BCUT2D eigenvalue weighted by Crippen LogP contribution is 2.28. The van der Waals surface area contributed by atoms with E-state index in [0.29, 0.717) is 18.0 Å². The van der Waals surface area contributed by atoms with Crippen molar-refractivity contribution >= 4 is 17.1 Å². The number of nitrogens with zero attached hydrogens (tertiary/aromatic N) is 2. The lowest BCUT2D eigenvalue weighted by atomic mass is 10.2. The normalized spacial score (nSPS) is 10.7. The molecule has 2 aromatic rings. The molecule has 2 N–H and O–H groups in total. The van der Waals surface area contributed by atoms with Crippen molar-refractivity contribution in [3.8, 4) is 5.75 Å². The molecule has 0 aromatic heterocycles. The molecule has 0 fully saturated rings. The molecule has 0 aliphatic heterocycles. The van der Waals surface area contributed by atoms with Crippen LogP contribution in [-0.4, -0.2) is 6.61 Å². The largest absolute Gasteiger partial charge is 0.494 e. The first-order chi connectivity index (χ1) is 8.79. The second-order valence-electron chi connectivity index (χ2n) is 3.69. The third kappa shape index (κ3) is 3.07. The molecule has 18 heavy (non-hydrogen) atoms. The first-order valence-corrected chi connectivity index (χ1v) is 5.78. The van der Waals surface area contributed by atoms with Crippen LogP contribution >= 0.6 is 0 Å². The maximum absolute atomic E-state index is 5.88. The van der Waals surface area contributed by atoms with Gasteiger partial charge in [-0.2, -0.15) is 5.11 Å². The molecule has 0 radical (unpaired) electrons. The summed E-state index contributed by atoms with van der Waals surface area (Å²) in [6, 6.07) is 14.9. The van der Waals surface area contributed by atoms with E-state index >= 15 is 0 Å². The highest BCUT2D eigenvalue weighted by Gasteiger charge is 2.00. The van der Waals surface area contributed by atoms with Gasteiger partial charge in [-0.1, -0.05) is 18.2 Å². The predicted octanol–water partition coefficient (Wildman–Crippen LogP) is 4.08. The Morgan fingerprint density at radius 2 is 1.83 bits per heavy atom. The predicted molar refractivity (Wildman–Crippen MR) is 72.6 cm³/mol. The Kier molecular flexibility index (Phi) is 3.91. The Bertz CT molecular complexity index is 538. The van der Waals surface area contributed by atoms with E-state index in [1.165, 1.54) is 0 Å². The highest BCUT2D eigenvalue weighted by atomic mass is 16.5. The minimum Gasteiger partial charge on any atom is -0.494 e. The maximum atomic E-state index is 5.88. The van der Waals surface area contributed by atoms with Crippen molar-refractivity contribution in [3.05, 3.63) is 48.5 Å². The summed E-state index contributed by atoms with van der Waals surface area (Å²) in [5.74, 6) is 0.744. The van der Waals surface area contributed by atoms with Crippen LogP contribution in [0.25, 0.3) is 0 Å². The van der Waals surface area contributed by atoms with Gasteiger partial charge in [-0.05, 0) is 31.2 Å². The van der Waals surface area contributed by atoms with E-state index < -0.39 is 0 Å². The van der Waals surface area contributed by atoms with Gasteiger partial charge in [-0.3, -0.25) is 0 Å². The van der Waals surface area contributed by atoms with Gasteiger partial charge >= 0.3 is 0 Å². The molecule has 0 heterocycles. The van der Waals surface area contributed by atoms with Crippen LogP contribution in [0.2, 0.25) is 0 Å². The number of hydrogen-bond donors (Lipinski definition) is 1. The van der Waals surface area contributed by atoms with E-state index in [1.54, 1.807) is 12.1 Å². The number of anilines is 1. The Hall–Kier alpha value is -2.36. The second kappa shape index (κ2) is 5.82. The van der Waals surface area contributed by atoms with E-state index in [9.17, 15) is 0 Å². The topological polar surface area (TPSA) is 60.0 Å². The van der Waals surface area contributed by atoms with Crippen molar-refractivity contribution in [1.82, 2.24) is 0 Å². The van der Waals surface area contributed by atoms with E-state index in [2.05, 4.69) is 10.2 Å². The molecule has 4 nitrogen and oxygen atoms in total. The Labute approximate surface area is 106 Å². The average Bonchev–Trinajstić information content (AvgIpc) is 2.39. The number of benzene rings is 2. The van der Waals surface area contributed by atoms with Gasteiger partial charge in [0.2, 0.25) is 0 Å². The Balaban J connectivity index is 2.17. The van der Waals surface area contributed by atoms with Crippen molar-refractivity contribution in [3.63, 3.8) is 0 Å². The molecule has 0 unspecified atom stereocenters. The zero-order chi connectivity index (χ0) is 12.8. The number of ether oxygens (including phenoxy) is 1. The summed E-state index contributed by atoms with van der Waals surface area (Å²) < 4.78 is 5.35. The van der Waals surface area contributed by atoms with Crippen molar-refractivity contribution in [2.45, 2.75) is 6.92 Å². The fourth-order valence-electron chi connectivity index (χ4n) is 1.49. The molecule has 0 atom stereocenters. The van der Waals surface area contributed by atoms with Gasteiger partial charge in [0, 0.05) is 6.07 Å². The summed E-state index contributed by atoms with van der Waals surface area (Å²) in [6.45, 7) is 2.55. The summed E-state index contributed by atoms with van der Waals surface area (Å²) >= 11 is 0. The van der Waals surface area contributed by atoms with Crippen molar-refractivity contribution in [1.29, 1.82) is 0 Å². The molecule has 4 heteroatoms. The number of nitrogens with two attached hydrogens (primary N) is 1. The zero-order valence-electron chi connectivity index (χ0n) is 10.2. The second-order valence-corrected chi connectivity index (χ2v) is 3.69. The SMILES string of the molecule is CCOc1ccc(N=Nc2ccccc2)c(N)c1. The van der Waals surface area contributed by atoms with Gasteiger partial charge in [0.15, 0.2) is 0 Å². The van der Waals surface area contributed by atoms with Gasteiger partial charge in [-0.25, -0.2) is 0 Å². The summed E-state index contributed by atoms with van der Waals surface area (Å²) in [4.78, 5) is 0. The molecular weight excluding hydrogens is 226 g/mol. The van der Waals surface area contributed by atoms with Crippen LogP contribution in [0.1, 0.15) is 6.92 Å². The molecule has 0 amide bonds. The van der Waals surface area contributed by atoms with Gasteiger partial charge in [0.25, 0.3) is 0 Å². The molecule has 0 aliphatic carbocycles. The van der Waals surface area contributed by atoms with Crippen LogP contribution in [-0.2, 0) is 0 Å². The quantitative estimate of drug-likeness (QED) is 0.647. The minimum atomic E-state index is 0.556. The first kappa shape index (κ1) is 12.1. The average molecular weight is 241 g/mol.